The number of carbonyl (C=O) groups is 3. The number of nitrogens with one attached hydrogen (secondary N) is 2. The van der Waals surface area contributed by atoms with Gasteiger partial charge in [0.15, 0.2) is 0 Å². The van der Waals surface area contributed by atoms with Crippen LogP contribution >= 0.6 is 0 Å². The number of nitrogens with two attached hydrogens (primary N) is 1. The molecule has 0 saturated carbocycles. The summed E-state index contributed by atoms with van der Waals surface area (Å²) in [6, 6.07) is 0. The Balaban J connectivity index is 3.74. The number of hydrogen-bond acceptors (Lipinski definition) is 4. The molecule has 0 unspecified atom stereocenters. The third-order valence-corrected chi connectivity index (χ3v) is 7.90. The van der Waals surface area contributed by atoms with Gasteiger partial charge in [-0.05, 0) is 12.8 Å². The molecule has 0 aliphatic heterocycles. The summed E-state index contributed by atoms with van der Waals surface area (Å²) in [5, 5.41) is 3.94. The molecule has 0 saturated heterocycles. The molecule has 0 aromatic carbocycles. The van der Waals surface area contributed by atoms with Gasteiger partial charge in [-0.3, -0.25) is 19.8 Å². The molecule has 3 amide bonds. The highest BCUT2D eigenvalue weighted by molar-refractivity contribution is 5.87. The maximum Gasteiger partial charge on any atom is 0.255 e. The van der Waals surface area contributed by atoms with Crippen molar-refractivity contribution in [1.82, 2.24) is 15.8 Å². The summed E-state index contributed by atoms with van der Waals surface area (Å²) in [5.74, 6) is -0.959. The molecule has 0 aliphatic rings. The predicted octanol–water partition coefficient (Wildman–Crippen LogP) is 8.10. The molecular formula is C34H68N4O3. The van der Waals surface area contributed by atoms with Crippen molar-refractivity contribution in [2.45, 2.75) is 181 Å². The van der Waals surface area contributed by atoms with Gasteiger partial charge >= 0.3 is 0 Å². The first-order chi connectivity index (χ1) is 20.0. The van der Waals surface area contributed by atoms with E-state index in [9.17, 15) is 14.4 Å². The number of nitrogens with zero attached hydrogens (tertiary/aromatic N) is 1. The molecule has 0 fully saturated rings. The van der Waals surface area contributed by atoms with Crippen molar-refractivity contribution in [3.8, 4) is 0 Å². The second-order valence-electron chi connectivity index (χ2n) is 12.0. The molecule has 0 rings (SSSR count). The first-order valence-electron chi connectivity index (χ1n) is 17.6. The zero-order valence-corrected chi connectivity index (χ0v) is 27.3. The summed E-state index contributed by atoms with van der Waals surface area (Å²) in [6.45, 7) is 4.65. The van der Waals surface area contributed by atoms with Gasteiger partial charge in [0, 0.05) is 13.0 Å². The standard InChI is InChI=1S/C34H68N4O3/c1-3-5-7-9-11-13-14-15-16-17-18-19-21-23-25-27-29-36-33(40)31-38(34(41)30-35)37-32(39)28-26-24-22-20-12-10-8-6-4-2/h3-31,35H2,1-2H3,(H,36,40)(H,37,39). The van der Waals surface area contributed by atoms with E-state index in [4.69, 9.17) is 5.73 Å². The van der Waals surface area contributed by atoms with Crippen molar-refractivity contribution >= 4 is 17.7 Å². The lowest BCUT2D eigenvalue weighted by Crippen LogP contribution is -2.52. The van der Waals surface area contributed by atoms with E-state index in [-0.39, 0.29) is 24.9 Å². The van der Waals surface area contributed by atoms with Gasteiger partial charge in [0.2, 0.25) is 11.8 Å². The zero-order valence-electron chi connectivity index (χ0n) is 27.3. The van der Waals surface area contributed by atoms with Crippen molar-refractivity contribution in [3.63, 3.8) is 0 Å². The van der Waals surface area contributed by atoms with Crippen molar-refractivity contribution in [1.29, 1.82) is 0 Å². The van der Waals surface area contributed by atoms with E-state index in [1.54, 1.807) is 0 Å². The summed E-state index contributed by atoms with van der Waals surface area (Å²) in [4.78, 5) is 36.8. The van der Waals surface area contributed by atoms with Crippen LogP contribution in [-0.4, -0.2) is 42.4 Å². The molecule has 7 heteroatoms. The Morgan fingerprint density at radius 2 is 0.878 bits per heavy atom. The van der Waals surface area contributed by atoms with Crippen LogP contribution < -0.4 is 16.5 Å². The van der Waals surface area contributed by atoms with Crippen molar-refractivity contribution in [3.05, 3.63) is 0 Å². The number of rotatable bonds is 30. The first kappa shape index (κ1) is 39.4. The van der Waals surface area contributed by atoms with Gasteiger partial charge in [-0.15, -0.1) is 0 Å². The zero-order chi connectivity index (χ0) is 30.2. The van der Waals surface area contributed by atoms with Crippen LogP contribution in [0.15, 0.2) is 0 Å². The fourth-order valence-electron chi connectivity index (χ4n) is 5.20. The summed E-state index contributed by atoms with van der Waals surface area (Å²) in [7, 11) is 0. The third kappa shape index (κ3) is 28.3. The van der Waals surface area contributed by atoms with E-state index in [0.29, 0.717) is 13.0 Å². The van der Waals surface area contributed by atoms with E-state index in [1.807, 2.05) is 0 Å². The van der Waals surface area contributed by atoms with Gasteiger partial charge in [-0.1, -0.05) is 162 Å². The molecule has 0 aromatic heterocycles. The SMILES string of the molecule is CCCCCCCCCCCCCCCCCCNC(=O)CN(NC(=O)CCCCCCCCCCC)C(=O)CN. The molecule has 0 atom stereocenters. The lowest BCUT2D eigenvalue weighted by atomic mass is 10.0. The van der Waals surface area contributed by atoms with Gasteiger partial charge in [0.25, 0.3) is 5.91 Å². The molecule has 0 aliphatic carbocycles. The highest BCUT2D eigenvalue weighted by Crippen LogP contribution is 2.14. The highest BCUT2D eigenvalue weighted by Gasteiger charge is 2.18. The molecule has 0 heterocycles. The smallest absolute Gasteiger partial charge is 0.255 e. The van der Waals surface area contributed by atoms with Crippen LogP contribution in [0.25, 0.3) is 0 Å². The molecule has 242 valence electrons. The average Bonchev–Trinajstić information content (AvgIpc) is 2.97. The van der Waals surface area contributed by atoms with Crippen LogP contribution in [0.2, 0.25) is 0 Å². The van der Waals surface area contributed by atoms with E-state index in [0.717, 1.165) is 37.1 Å². The van der Waals surface area contributed by atoms with E-state index in [1.165, 1.54) is 128 Å². The first-order valence-corrected chi connectivity index (χ1v) is 17.6. The molecule has 4 N–H and O–H groups in total. The van der Waals surface area contributed by atoms with E-state index >= 15 is 0 Å². The molecule has 0 radical (unpaired) electrons. The molecule has 7 nitrogen and oxygen atoms in total. The molecule has 0 aromatic rings. The Hall–Kier alpha value is -1.63. The Kier molecular flexibility index (Phi) is 30.1. The van der Waals surface area contributed by atoms with Crippen LogP contribution in [0.5, 0.6) is 0 Å². The van der Waals surface area contributed by atoms with Gasteiger partial charge in [-0.25, -0.2) is 5.01 Å². The summed E-state index contributed by atoms with van der Waals surface area (Å²) in [6.07, 6.45) is 32.0. The highest BCUT2D eigenvalue weighted by atomic mass is 16.2. The number of unbranched alkanes of at least 4 members (excludes halogenated alkanes) is 23. The number of hydrogen-bond donors (Lipinski definition) is 3. The molecular weight excluding hydrogens is 512 g/mol. The van der Waals surface area contributed by atoms with Gasteiger partial charge < -0.3 is 11.1 Å². The second kappa shape index (κ2) is 31.3. The quantitative estimate of drug-likeness (QED) is 0.0589. The largest absolute Gasteiger partial charge is 0.354 e. The van der Waals surface area contributed by atoms with Crippen LogP contribution in [0.3, 0.4) is 0 Å². The third-order valence-electron chi connectivity index (χ3n) is 7.90. The second-order valence-corrected chi connectivity index (χ2v) is 12.0. The van der Waals surface area contributed by atoms with Crippen LogP contribution in [-0.2, 0) is 14.4 Å². The van der Waals surface area contributed by atoms with Crippen molar-refractivity contribution in [2.75, 3.05) is 19.6 Å². The maximum atomic E-state index is 12.3. The fraction of sp³-hybridized carbons (Fsp3) is 0.912. The summed E-state index contributed by atoms with van der Waals surface area (Å²) < 4.78 is 0. The summed E-state index contributed by atoms with van der Waals surface area (Å²) in [5.41, 5.74) is 8.08. The number of carbonyl (C=O) groups excluding carboxylic acids is 3. The topological polar surface area (TPSA) is 105 Å². The van der Waals surface area contributed by atoms with Crippen molar-refractivity contribution in [2.24, 2.45) is 5.73 Å². The predicted molar refractivity (Wildman–Crippen MR) is 173 cm³/mol. The number of hydrazine groups is 1. The van der Waals surface area contributed by atoms with Gasteiger partial charge in [0.05, 0.1) is 6.54 Å². The minimum atomic E-state index is -0.456. The van der Waals surface area contributed by atoms with E-state index in [2.05, 4.69) is 24.6 Å². The average molecular weight is 581 g/mol. The minimum Gasteiger partial charge on any atom is -0.354 e. The molecule has 0 bridgehead atoms. The van der Waals surface area contributed by atoms with E-state index < -0.39 is 5.91 Å². The number of amides is 3. The van der Waals surface area contributed by atoms with Crippen molar-refractivity contribution < 1.29 is 14.4 Å². The summed E-state index contributed by atoms with van der Waals surface area (Å²) >= 11 is 0. The maximum absolute atomic E-state index is 12.3. The Labute approximate surface area is 253 Å². The Morgan fingerprint density at radius 3 is 1.27 bits per heavy atom. The molecule has 41 heavy (non-hydrogen) atoms. The molecule has 0 spiro atoms. The van der Waals surface area contributed by atoms with Gasteiger partial charge in [0.1, 0.15) is 6.54 Å². The monoisotopic (exact) mass is 581 g/mol. The van der Waals surface area contributed by atoms with Crippen LogP contribution in [0, 0.1) is 0 Å². The van der Waals surface area contributed by atoms with Crippen LogP contribution in [0.4, 0.5) is 0 Å². The fourth-order valence-corrected chi connectivity index (χ4v) is 5.20. The Morgan fingerprint density at radius 1 is 0.512 bits per heavy atom. The Bertz CT molecular complexity index is 615. The van der Waals surface area contributed by atoms with Gasteiger partial charge in [-0.2, -0.15) is 0 Å². The van der Waals surface area contributed by atoms with Crippen LogP contribution in [0.1, 0.15) is 181 Å². The lowest BCUT2D eigenvalue weighted by molar-refractivity contribution is -0.143. The lowest BCUT2D eigenvalue weighted by Gasteiger charge is -2.22. The minimum absolute atomic E-state index is 0.196. The normalized spacial score (nSPS) is 11.0.